The van der Waals surface area contributed by atoms with E-state index < -0.39 is 0 Å². The maximum atomic E-state index is 12.5. The molecule has 0 saturated heterocycles. The second kappa shape index (κ2) is 10.4. The van der Waals surface area contributed by atoms with Crippen molar-refractivity contribution in [1.29, 1.82) is 0 Å². The fourth-order valence-electron chi connectivity index (χ4n) is 2.71. The molecule has 0 aliphatic rings. The number of amides is 1. The highest BCUT2D eigenvalue weighted by molar-refractivity contribution is 7.80. The van der Waals surface area contributed by atoms with E-state index in [1.165, 1.54) is 5.56 Å². The van der Waals surface area contributed by atoms with E-state index in [1.54, 1.807) is 0 Å². The number of rotatable bonds is 8. The number of nitrogens with zero attached hydrogens (tertiary/aromatic N) is 1. The Labute approximate surface area is 152 Å². The molecule has 0 bridgehead atoms. The van der Waals surface area contributed by atoms with Gasteiger partial charge < -0.3 is 10.2 Å². The zero-order chi connectivity index (χ0) is 18.1. The first kappa shape index (κ1) is 20.6. The van der Waals surface area contributed by atoms with Gasteiger partial charge in [-0.05, 0) is 55.4 Å². The van der Waals surface area contributed by atoms with E-state index in [9.17, 15) is 4.79 Å². The quantitative estimate of drug-likeness (QED) is 0.702. The molecule has 0 spiro atoms. The third-order valence-electron chi connectivity index (χ3n) is 4.02. The summed E-state index contributed by atoms with van der Waals surface area (Å²) in [6.45, 7) is 12.4. The van der Waals surface area contributed by atoms with Crippen LogP contribution in [0.15, 0.2) is 24.3 Å². The van der Waals surface area contributed by atoms with E-state index in [0.717, 1.165) is 37.9 Å². The van der Waals surface area contributed by atoms with Crippen molar-refractivity contribution in [3.63, 3.8) is 0 Å². The Balaban J connectivity index is 2.67. The molecule has 0 saturated carbocycles. The molecule has 0 radical (unpaired) electrons. The molecule has 1 aromatic rings. The van der Waals surface area contributed by atoms with Crippen LogP contribution in [0.5, 0.6) is 0 Å². The van der Waals surface area contributed by atoms with Crippen LogP contribution in [-0.4, -0.2) is 29.0 Å². The lowest BCUT2D eigenvalue weighted by molar-refractivity contribution is -0.120. The van der Waals surface area contributed by atoms with Crippen LogP contribution in [0, 0.1) is 5.92 Å². The summed E-state index contributed by atoms with van der Waals surface area (Å²) < 4.78 is 0. The van der Waals surface area contributed by atoms with E-state index >= 15 is 0 Å². The Bertz CT molecular complexity index is 519. The molecule has 1 atom stereocenters. The van der Waals surface area contributed by atoms with Crippen LogP contribution in [-0.2, 0) is 11.2 Å². The Morgan fingerprint density at radius 1 is 1.08 bits per heavy atom. The van der Waals surface area contributed by atoms with Crippen LogP contribution in [0.25, 0.3) is 0 Å². The summed E-state index contributed by atoms with van der Waals surface area (Å²) in [5.74, 6) is 0.395. The molecule has 0 aliphatic heterocycles. The third-order valence-corrected chi connectivity index (χ3v) is 4.38. The fourth-order valence-corrected chi connectivity index (χ4v) is 3.00. The predicted molar refractivity (Wildman–Crippen MR) is 106 cm³/mol. The molecule has 134 valence electrons. The lowest BCUT2D eigenvalue weighted by Crippen LogP contribution is -2.44. The zero-order valence-corrected chi connectivity index (χ0v) is 16.6. The van der Waals surface area contributed by atoms with Gasteiger partial charge in [-0.3, -0.25) is 4.79 Å². The standard InChI is InChI=1S/C20H32N2OS/c1-6-12-22(13-7-2)20(24)21-19(23)16(5)18-10-8-17(9-11-18)14-15(3)4/h8-11,15-16H,6-7,12-14H2,1-5H3,(H,21,23,24). The molecule has 24 heavy (non-hydrogen) atoms. The van der Waals surface area contributed by atoms with Crippen LogP contribution >= 0.6 is 12.2 Å². The molecule has 1 amide bonds. The summed E-state index contributed by atoms with van der Waals surface area (Å²) in [5.41, 5.74) is 2.34. The average Bonchev–Trinajstić information content (AvgIpc) is 2.54. The van der Waals surface area contributed by atoms with Crippen LogP contribution in [0.1, 0.15) is 64.5 Å². The second-order valence-electron chi connectivity index (χ2n) is 6.84. The van der Waals surface area contributed by atoms with Crippen molar-refractivity contribution in [1.82, 2.24) is 10.2 Å². The maximum absolute atomic E-state index is 12.5. The van der Waals surface area contributed by atoms with Crippen molar-refractivity contribution in [2.75, 3.05) is 13.1 Å². The van der Waals surface area contributed by atoms with Crippen molar-refractivity contribution in [2.24, 2.45) is 5.92 Å². The van der Waals surface area contributed by atoms with Gasteiger partial charge in [0.2, 0.25) is 5.91 Å². The highest BCUT2D eigenvalue weighted by Crippen LogP contribution is 2.18. The molecular formula is C20H32N2OS. The molecule has 0 aromatic heterocycles. The number of hydrogen-bond donors (Lipinski definition) is 1. The molecular weight excluding hydrogens is 316 g/mol. The summed E-state index contributed by atoms with van der Waals surface area (Å²) in [5, 5.41) is 3.46. The van der Waals surface area contributed by atoms with Gasteiger partial charge in [0.1, 0.15) is 0 Å². The van der Waals surface area contributed by atoms with E-state index in [4.69, 9.17) is 12.2 Å². The number of carbonyl (C=O) groups is 1. The van der Waals surface area contributed by atoms with Crippen molar-refractivity contribution >= 4 is 23.2 Å². The van der Waals surface area contributed by atoms with Crippen LogP contribution in [0.4, 0.5) is 0 Å². The van der Waals surface area contributed by atoms with Gasteiger partial charge in [0.15, 0.2) is 5.11 Å². The normalized spacial score (nSPS) is 12.1. The van der Waals surface area contributed by atoms with Gasteiger partial charge in [-0.2, -0.15) is 0 Å². The monoisotopic (exact) mass is 348 g/mol. The molecule has 1 aromatic carbocycles. The van der Waals surface area contributed by atoms with Crippen molar-refractivity contribution in [3.8, 4) is 0 Å². The maximum Gasteiger partial charge on any atom is 0.233 e. The number of nitrogens with one attached hydrogen (secondary N) is 1. The van der Waals surface area contributed by atoms with Gasteiger partial charge in [0, 0.05) is 13.1 Å². The summed E-state index contributed by atoms with van der Waals surface area (Å²) in [6.07, 6.45) is 3.10. The Kier molecular flexibility index (Phi) is 8.98. The van der Waals surface area contributed by atoms with Gasteiger partial charge in [-0.25, -0.2) is 0 Å². The Morgan fingerprint density at radius 2 is 1.62 bits per heavy atom. The number of benzene rings is 1. The van der Waals surface area contributed by atoms with Crippen LogP contribution in [0.2, 0.25) is 0 Å². The lowest BCUT2D eigenvalue weighted by atomic mass is 9.96. The molecule has 1 rings (SSSR count). The molecule has 0 aliphatic carbocycles. The fraction of sp³-hybridized carbons (Fsp3) is 0.600. The summed E-state index contributed by atoms with van der Waals surface area (Å²) >= 11 is 5.41. The van der Waals surface area contributed by atoms with E-state index in [2.05, 4.69) is 62.2 Å². The minimum atomic E-state index is -0.207. The summed E-state index contributed by atoms with van der Waals surface area (Å²) in [6, 6.07) is 8.36. The van der Waals surface area contributed by atoms with E-state index in [1.807, 2.05) is 6.92 Å². The minimum absolute atomic E-state index is 0.0335. The van der Waals surface area contributed by atoms with Crippen molar-refractivity contribution in [3.05, 3.63) is 35.4 Å². The third kappa shape index (κ3) is 6.60. The molecule has 0 fully saturated rings. The molecule has 4 heteroatoms. The topological polar surface area (TPSA) is 32.3 Å². The molecule has 1 unspecified atom stereocenters. The van der Waals surface area contributed by atoms with Gasteiger partial charge in [-0.15, -0.1) is 0 Å². The van der Waals surface area contributed by atoms with Gasteiger partial charge in [0.25, 0.3) is 0 Å². The largest absolute Gasteiger partial charge is 0.349 e. The van der Waals surface area contributed by atoms with Gasteiger partial charge in [-0.1, -0.05) is 52.0 Å². The lowest BCUT2D eigenvalue weighted by Gasteiger charge is -2.25. The molecule has 0 heterocycles. The highest BCUT2D eigenvalue weighted by Gasteiger charge is 2.18. The highest BCUT2D eigenvalue weighted by atomic mass is 32.1. The Morgan fingerprint density at radius 3 is 2.08 bits per heavy atom. The van der Waals surface area contributed by atoms with E-state index in [0.29, 0.717) is 11.0 Å². The first-order chi connectivity index (χ1) is 11.4. The second-order valence-corrected chi connectivity index (χ2v) is 7.23. The average molecular weight is 349 g/mol. The van der Waals surface area contributed by atoms with Gasteiger partial charge in [0.05, 0.1) is 5.92 Å². The number of thiocarbonyl (C=S) groups is 1. The number of hydrogen-bond acceptors (Lipinski definition) is 2. The van der Waals surface area contributed by atoms with Crippen LogP contribution < -0.4 is 5.32 Å². The number of carbonyl (C=O) groups excluding carboxylic acids is 1. The van der Waals surface area contributed by atoms with Crippen molar-refractivity contribution in [2.45, 2.75) is 59.8 Å². The first-order valence-corrected chi connectivity index (χ1v) is 9.48. The molecule has 1 N–H and O–H groups in total. The zero-order valence-electron chi connectivity index (χ0n) is 15.8. The van der Waals surface area contributed by atoms with Crippen molar-refractivity contribution < 1.29 is 4.79 Å². The SMILES string of the molecule is CCCN(CCC)C(=S)NC(=O)C(C)c1ccc(CC(C)C)cc1. The summed E-state index contributed by atoms with van der Waals surface area (Å²) in [7, 11) is 0. The smallest absolute Gasteiger partial charge is 0.233 e. The van der Waals surface area contributed by atoms with E-state index in [-0.39, 0.29) is 11.8 Å². The predicted octanol–water partition coefficient (Wildman–Crippen LogP) is 4.51. The Hall–Kier alpha value is -1.42. The first-order valence-electron chi connectivity index (χ1n) is 9.07. The van der Waals surface area contributed by atoms with Gasteiger partial charge >= 0.3 is 0 Å². The molecule has 3 nitrogen and oxygen atoms in total. The van der Waals surface area contributed by atoms with Crippen LogP contribution in [0.3, 0.4) is 0 Å². The minimum Gasteiger partial charge on any atom is -0.349 e. The summed E-state index contributed by atoms with van der Waals surface area (Å²) in [4.78, 5) is 14.6.